The molecule has 1 rings (SSSR count). The van der Waals surface area contributed by atoms with Crippen molar-refractivity contribution in [1.29, 1.82) is 0 Å². The number of carbonyl (C=O) groups is 1. The monoisotopic (exact) mass is 321 g/mol. The lowest BCUT2D eigenvalue weighted by Crippen LogP contribution is -2.40. The lowest BCUT2D eigenvalue weighted by molar-refractivity contribution is 0.0601. The van der Waals surface area contributed by atoms with Crippen LogP contribution in [0.1, 0.15) is 29.1 Å². The minimum absolute atomic E-state index is 0.0487. The maximum Gasteiger partial charge on any atom is 0.349 e. The highest BCUT2D eigenvalue weighted by Gasteiger charge is 2.33. The first-order chi connectivity index (χ1) is 9.00. The smallest absolute Gasteiger partial charge is 0.349 e. The normalized spacial score (nSPS) is 12.8. The second-order valence-corrected chi connectivity index (χ2v) is 8.00. The summed E-state index contributed by atoms with van der Waals surface area (Å²) < 4.78 is 30.7. The lowest BCUT2D eigenvalue weighted by atomic mass is 10.1. The van der Waals surface area contributed by atoms with Gasteiger partial charge < -0.3 is 9.84 Å². The van der Waals surface area contributed by atoms with E-state index in [0.29, 0.717) is 5.56 Å². The molecular formula is C12H19NO5S2. The Morgan fingerprint density at radius 3 is 2.50 bits per heavy atom. The predicted octanol–water partition coefficient (Wildman–Crippen LogP) is 1.23. The number of hydrogen-bond donors (Lipinski definition) is 1. The van der Waals surface area contributed by atoms with E-state index >= 15 is 0 Å². The number of carbonyl (C=O) groups excluding carboxylic acids is 1. The van der Waals surface area contributed by atoms with Crippen LogP contribution in [0, 0.1) is 6.92 Å². The quantitative estimate of drug-likeness (QED) is 0.825. The van der Waals surface area contributed by atoms with Crippen molar-refractivity contribution >= 4 is 27.3 Å². The zero-order chi connectivity index (χ0) is 15.7. The fourth-order valence-corrected chi connectivity index (χ4v) is 4.75. The molecule has 0 saturated carbocycles. The number of nitrogens with zero attached hydrogens (tertiary/aromatic N) is 1. The molecule has 114 valence electrons. The Kier molecular flexibility index (Phi) is 4.96. The van der Waals surface area contributed by atoms with Crippen LogP contribution in [0.5, 0.6) is 0 Å². The number of sulfonamides is 1. The van der Waals surface area contributed by atoms with Crippen LogP contribution in [0.2, 0.25) is 0 Å². The molecule has 1 aromatic heterocycles. The summed E-state index contributed by atoms with van der Waals surface area (Å²) >= 11 is 1.03. The van der Waals surface area contributed by atoms with E-state index in [2.05, 4.69) is 4.74 Å². The molecule has 20 heavy (non-hydrogen) atoms. The standard InChI is InChI=1S/C12H19NO5S2/c1-8-6-19-9(11(14)18-5)10(8)20(16,17)13(4)7-12(2,3)15/h6,15H,7H2,1-5H3. The van der Waals surface area contributed by atoms with Gasteiger partial charge in [-0.25, -0.2) is 13.2 Å². The molecule has 1 N–H and O–H groups in total. The van der Waals surface area contributed by atoms with E-state index in [-0.39, 0.29) is 16.3 Å². The number of esters is 1. The van der Waals surface area contributed by atoms with Crippen molar-refractivity contribution in [1.82, 2.24) is 4.31 Å². The van der Waals surface area contributed by atoms with Crippen LogP contribution < -0.4 is 0 Å². The van der Waals surface area contributed by atoms with Gasteiger partial charge in [-0.3, -0.25) is 0 Å². The van der Waals surface area contributed by atoms with Crippen molar-refractivity contribution in [2.45, 2.75) is 31.3 Å². The third-order valence-corrected chi connectivity index (χ3v) is 5.77. The zero-order valence-corrected chi connectivity index (χ0v) is 13.8. The maximum absolute atomic E-state index is 12.5. The highest BCUT2D eigenvalue weighted by atomic mass is 32.2. The highest BCUT2D eigenvalue weighted by molar-refractivity contribution is 7.89. The molecule has 0 aliphatic rings. The Bertz CT molecular complexity index is 598. The van der Waals surface area contributed by atoms with Gasteiger partial charge >= 0.3 is 5.97 Å². The van der Waals surface area contributed by atoms with E-state index in [1.807, 2.05) is 0 Å². The summed E-state index contributed by atoms with van der Waals surface area (Å²) in [5, 5.41) is 11.3. The van der Waals surface area contributed by atoms with E-state index in [1.165, 1.54) is 28.0 Å². The topological polar surface area (TPSA) is 83.9 Å². The van der Waals surface area contributed by atoms with Crippen molar-refractivity contribution in [3.63, 3.8) is 0 Å². The van der Waals surface area contributed by atoms with E-state index in [9.17, 15) is 18.3 Å². The summed E-state index contributed by atoms with van der Waals surface area (Å²) in [6.45, 7) is 4.57. The van der Waals surface area contributed by atoms with Gasteiger partial charge in [0.2, 0.25) is 10.0 Å². The molecule has 0 aromatic carbocycles. The van der Waals surface area contributed by atoms with Gasteiger partial charge in [0.15, 0.2) is 0 Å². The average Bonchev–Trinajstić information content (AvgIpc) is 2.68. The van der Waals surface area contributed by atoms with Gasteiger partial charge in [-0.05, 0) is 31.7 Å². The van der Waals surface area contributed by atoms with Gasteiger partial charge in [-0.2, -0.15) is 4.31 Å². The Morgan fingerprint density at radius 1 is 1.50 bits per heavy atom. The summed E-state index contributed by atoms with van der Waals surface area (Å²) in [7, 11) is -1.29. The molecule has 6 nitrogen and oxygen atoms in total. The minimum atomic E-state index is -3.86. The summed E-state index contributed by atoms with van der Waals surface area (Å²) in [5.41, 5.74) is -0.685. The zero-order valence-electron chi connectivity index (χ0n) is 12.1. The number of thiophene rings is 1. The number of likely N-dealkylation sites (N-methyl/N-ethyl adjacent to an activating group) is 1. The molecule has 8 heteroatoms. The summed E-state index contributed by atoms with van der Waals surface area (Å²) in [6, 6.07) is 0. The first-order valence-corrected chi connectivity index (χ1v) is 8.18. The molecule has 0 unspecified atom stereocenters. The number of rotatable bonds is 5. The van der Waals surface area contributed by atoms with Gasteiger partial charge in [-0.1, -0.05) is 0 Å². The van der Waals surface area contributed by atoms with Crippen molar-refractivity contribution in [3.05, 3.63) is 15.8 Å². The molecule has 0 spiro atoms. The van der Waals surface area contributed by atoms with Crippen LogP contribution in [0.25, 0.3) is 0 Å². The van der Waals surface area contributed by atoms with Gasteiger partial charge in [0.1, 0.15) is 9.77 Å². The van der Waals surface area contributed by atoms with Crippen molar-refractivity contribution in [2.75, 3.05) is 20.7 Å². The fraction of sp³-hybridized carbons (Fsp3) is 0.583. The van der Waals surface area contributed by atoms with Crippen LogP contribution in [0.15, 0.2) is 10.3 Å². The second kappa shape index (κ2) is 5.80. The number of methoxy groups -OCH3 is 1. The Labute approximate surface area is 123 Å². The molecule has 0 bridgehead atoms. The van der Waals surface area contributed by atoms with E-state index < -0.39 is 21.6 Å². The SMILES string of the molecule is COC(=O)c1scc(C)c1S(=O)(=O)N(C)CC(C)(C)O. The summed E-state index contributed by atoms with van der Waals surface area (Å²) in [4.78, 5) is 11.7. The summed E-state index contributed by atoms with van der Waals surface area (Å²) in [5.74, 6) is -0.682. The maximum atomic E-state index is 12.5. The van der Waals surface area contributed by atoms with Crippen LogP contribution in [0.3, 0.4) is 0 Å². The molecule has 0 fully saturated rings. The third kappa shape index (κ3) is 3.57. The second-order valence-electron chi connectivity index (χ2n) is 5.14. The van der Waals surface area contributed by atoms with Crippen LogP contribution in [-0.4, -0.2) is 50.1 Å². The Morgan fingerprint density at radius 2 is 2.05 bits per heavy atom. The minimum Gasteiger partial charge on any atom is -0.465 e. The van der Waals surface area contributed by atoms with Crippen molar-refractivity contribution in [2.24, 2.45) is 0 Å². The van der Waals surface area contributed by atoms with E-state index in [4.69, 9.17) is 0 Å². The van der Waals surface area contributed by atoms with Gasteiger partial charge in [0.05, 0.1) is 12.7 Å². The molecule has 1 aromatic rings. The van der Waals surface area contributed by atoms with Crippen LogP contribution >= 0.6 is 11.3 Å². The number of ether oxygens (including phenoxy) is 1. The van der Waals surface area contributed by atoms with Crippen molar-refractivity contribution < 1.29 is 23.1 Å². The molecule has 0 aliphatic carbocycles. The molecule has 0 aliphatic heterocycles. The van der Waals surface area contributed by atoms with Crippen molar-refractivity contribution in [3.8, 4) is 0 Å². The molecule has 0 atom stereocenters. The van der Waals surface area contributed by atoms with Gasteiger partial charge in [0, 0.05) is 13.6 Å². The first kappa shape index (κ1) is 17.1. The third-order valence-electron chi connectivity index (χ3n) is 2.57. The van der Waals surface area contributed by atoms with Crippen LogP contribution in [-0.2, 0) is 14.8 Å². The largest absolute Gasteiger partial charge is 0.465 e. The van der Waals surface area contributed by atoms with Gasteiger partial charge in [-0.15, -0.1) is 11.3 Å². The summed E-state index contributed by atoms with van der Waals surface area (Å²) in [6.07, 6.45) is 0. The number of aliphatic hydroxyl groups is 1. The lowest BCUT2D eigenvalue weighted by Gasteiger charge is -2.25. The van der Waals surface area contributed by atoms with E-state index in [0.717, 1.165) is 15.6 Å². The molecule has 1 heterocycles. The average molecular weight is 321 g/mol. The Hall–Kier alpha value is -0.960. The van der Waals surface area contributed by atoms with Gasteiger partial charge in [0.25, 0.3) is 0 Å². The molecule has 0 saturated heterocycles. The molecule has 0 amide bonds. The molecule has 0 radical (unpaired) electrons. The Balaban J connectivity index is 3.29. The van der Waals surface area contributed by atoms with Crippen LogP contribution in [0.4, 0.5) is 0 Å². The van der Waals surface area contributed by atoms with E-state index in [1.54, 1.807) is 12.3 Å². The fourth-order valence-electron chi connectivity index (χ4n) is 1.77. The highest BCUT2D eigenvalue weighted by Crippen LogP contribution is 2.30. The number of aryl methyl sites for hydroxylation is 1. The molecular weight excluding hydrogens is 302 g/mol. The number of hydrogen-bond acceptors (Lipinski definition) is 6. The predicted molar refractivity (Wildman–Crippen MR) is 76.5 cm³/mol. The first-order valence-electron chi connectivity index (χ1n) is 5.86.